The zero-order valence-electron chi connectivity index (χ0n) is 16.1. The minimum Gasteiger partial charge on any atom is -0.369 e. The molecule has 3 aromatic rings. The maximum Gasteiger partial charge on any atom is 0.435 e. The number of nitrogens with one attached hydrogen (secondary N) is 1. The van der Waals surface area contributed by atoms with Crippen LogP contribution in [0.25, 0.3) is 5.69 Å². The van der Waals surface area contributed by atoms with Gasteiger partial charge in [0.2, 0.25) is 5.91 Å². The summed E-state index contributed by atoms with van der Waals surface area (Å²) in [5.41, 5.74) is 5.67. The van der Waals surface area contributed by atoms with E-state index in [1.54, 1.807) is 0 Å². The zero-order chi connectivity index (χ0) is 22.6. The number of carbonyl (C=O) groups is 2. The molecule has 0 aliphatic heterocycles. The highest BCUT2D eigenvalue weighted by Crippen LogP contribution is 2.27. The molecule has 3 N–H and O–H groups in total. The Hall–Kier alpha value is -3.69. The monoisotopic (exact) mass is 434 g/mol. The van der Waals surface area contributed by atoms with Gasteiger partial charge in [0.05, 0.1) is 11.6 Å². The van der Waals surface area contributed by atoms with Gasteiger partial charge in [-0.25, -0.2) is 9.07 Å². The number of nitrogens with two attached hydrogens (primary N) is 1. The SMILES string of the molecule is NC(=O)C(CNC(=O)c1ccc(-n2ccc(C(F)(F)F)n2)cc1)Cc1ccc(F)cc1. The van der Waals surface area contributed by atoms with Gasteiger partial charge < -0.3 is 11.1 Å². The molecule has 0 saturated heterocycles. The van der Waals surface area contributed by atoms with Crippen LogP contribution >= 0.6 is 0 Å². The van der Waals surface area contributed by atoms with Crippen LogP contribution in [-0.4, -0.2) is 28.1 Å². The molecule has 6 nitrogen and oxygen atoms in total. The van der Waals surface area contributed by atoms with E-state index in [2.05, 4.69) is 10.4 Å². The summed E-state index contributed by atoms with van der Waals surface area (Å²) in [4.78, 5) is 24.1. The predicted molar refractivity (Wildman–Crippen MR) is 104 cm³/mol. The van der Waals surface area contributed by atoms with Crippen molar-refractivity contribution in [3.8, 4) is 5.69 Å². The zero-order valence-corrected chi connectivity index (χ0v) is 16.1. The van der Waals surface area contributed by atoms with E-state index in [9.17, 15) is 27.2 Å². The average molecular weight is 434 g/mol. The normalized spacial score (nSPS) is 12.4. The van der Waals surface area contributed by atoms with E-state index in [4.69, 9.17) is 5.73 Å². The van der Waals surface area contributed by atoms with Crippen LogP contribution in [0.2, 0.25) is 0 Å². The predicted octanol–water partition coefficient (Wildman–Crippen LogP) is 3.10. The molecule has 10 heteroatoms. The van der Waals surface area contributed by atoms with E-state index in [-0.39, 0.29) is 18.5 Å². The third-order valence-electron chi connectivity index (χ3n) is 4.58. The number of carbonyl (C=O) groups excluding carboxylic acids is 2. The molecule has 0 aliphatic carbocycles. The highest BCUT2D eigenvalue weighted by Gasteiger charge is 2.33. The summed E-state index contributed by atoms with van der Waals surface area (Å²) < 4.78 is 52.1. The number of hydrogen-bond acceptors (Lipinski definition) is 3. The summed E-state index contributed by atoms with van der Waals surface area (Å²) in [6.07, 6.45) is -3.14. The second-order valence-corrected chi connectivity index (χ2v) is 6.83. The Morgan fingerprint density at radius 2 is 1.68 bits per heavy atom. The Labute approximate surface area is 174 Å². The molecular formula is C21H18F4N4O2. The molecule has 1 atom stereocenters. The fourth-order valence-corrected chi connectivity index (χ4v) is 2.88. The fraction of sp³-hybridized carbons (Fsp3) is 0.190. The maximum atomic E-state index is 13.0. The molecule has 0 aliphatic rings. The van der Waals surface area contributed by atoms with Gasteiger partial charge in [0.15, 0.2) is 5.69 Å². The number of alkyl halides is 3. The molecule has 0 spiro atoms. The van der Waals surface area contributed by atoms with Gasteiger partial charge in [0.1, 0.15) is 5.82 Å². The van der Waals surface area contributed by atoms with Gasteiger partial charge in [-0.2, -0.15) is 18.3 Å². The molecule has 1 unspecified atom stereocenters. The Bertz CT molecular complexity index is 1060. The molecule has 3 rings (SSSR count). The number of nitrogens with zero attached hydrogens (tertiary/aromatic N) is 2. The Morgan fingerprint density at radius 3 is 2.23 bits per heavy atom. The van der Waals surface area contributed by atoms with Crippen molar-refractivity contribution in [2.24, 2.45) is 11.7 Å². The van der Waals surface area contributed by atoms with Crippen molar-refractivity contribution < 1.29 is 27.2 Å². The third-order valence-corrected chi connectivity index (χ3v) is 4.58. The van der Waals surface area contributed by atoms with Crippen molar-refractivity contribution in [2.75, 3.05) is 6.54 Å². The molecule has 0 fully saturated rings. The molecule has 162 valence electrons. The van der Waals surface area contributed by atoms with Crippen LogP contribution in [0.4, 0.5) is 17.6 Å². The first-order valence-electron chi connectivity index (χ1n) is 9.19. The molecule has 1 heterocycles. The van der Waals surface area contributed by atoms with Crippen LogP contribution in [0.3, 0.4) is 0 Å². The van der Waals surface area contributed by atoms with Gasteiger partial charge >= 0.3 is 6.18 Å². The Morgan fingerprint density at radius 1 is 1.03 bits per heavy atom. The van der Waals surface area contributed by atoms with Crippen LogP contribution in [0.5, 0.6) is 0 Å². The van der Waals surface area contributed by atoms with Gasteiger partial charge in [0.25, 0.3) is 5.91 Å². The minimum absolute atomic E-state index is 0.0264. The van der Waals surface area contributed by atoms with E-state index >= 15 is 0 Å². The summed E-state index contributed by atoms with van der Waals surface area (Å²) >= 11 is 0. The highest BCUT2D eigenvalue weighted by atomic mass is 19.4. The van der Waals surface area contributed by atoms with Gasteiger partial charge in [-0.3, -0.25) is 9.59 Å². The van der Waals surface area contributed by atoms with Crippen molar-refractivity contribution in [3.05, 3.63) is 83.4 Å². The van der Waals surface area contributed by atoms with Crippen LogP contribution in [0, 0.1) is 11.7 Å². The Balaban J connectivity index is 1.62. The standard InChI is InChI=1S/C21H18F4N4O2/c22-16-5-1-13(2-6-16)11-15(19(26)30)12-27-20(31)14-3-7-17(8-4-14)29-10-9-18(28-29)21(23,24)25/h1-10,15H,11-12H2,(H2,26,30)(H,27,31). The molecular weight excluding hydrogens is 416 g/mol. The van der Waals surface area contributed by atoms with Crippen molar-refractivity contribution >= 4 is 11.8 Å². The third kappa shape index (κ3) is 5.68. The number of primary amides is 1. The van der Waals surface area contributed by atoms with Gasteiger partial charge in [-0.05, 0) is 54.4 Å². The van der Waals surface area contributed by atoms with E-state index in [1.165, 1.54) is 54.7 Å². The number of amides is 2. The highest BCUT2D eigenvalue weighted by molar-refractivity contribution is 5.94. The first-order chi connectivity index (χ1) is 14.6. The topological polar surface area (TPSA) is 90.0 Å². The average Bonchev–Trinajstić information content (AvgIpc) is 3.23. The van der Waals surface area contributed by atoms with E-state index in [0.29, 0.717) is 11.3 Å². The molecule has 31 heavy (non-hydrogen) atoms. The Kier molecular flexibility index (Phi) is 6.38. The van der Waals surface area contributed by atoms with Gasteiger partial charge in [-0.1, -0.05) is 12.1 Å². The molecule has 0 bridgehead atoms. The lowest BCUT2D eigenvalue weighted by molar-refractivity contribution is -0.141. The number of hydrogen-bond donors (Lipinski definition) is 2. The second kappa shape index (κ2) is 8.99. The van der Waals surface area contributed by atoms with Gasteiger partial charge in [-0.15, -0.1) is 0 Å². The van der Waals surface area contributed by atoms with Crippen molar-refractivity contribution in [2.45, 2.75) is 12.6 Å². The first kappa shape index (κ1) is 22.0. The number of rotatable bonds is 7. The summed E-state index contributed by atoms with van der Waals surface area (Å²) in [5, 5.41) is 6.08. The van der Waals surface area contributed by atoms with E-state index in [0.717, 1.165) is 10.7 Å². The minimum atomic E-state index is -4.55. The lowest BCUT2D eigenvalue weighted by atomic mass is 9.98. The fourth-order valence-electron chi connectivity index (χ4n) is 2.88. The first-order valence-corrected chi connectivity index (χ1v) is 9.19. The summed E-state index contributed by atoms with van der Waals surface area (Å²) in [5.74, 6) is -2.19. The van der Waals surface area contributed by atoms with Crippen molar-refractivity contribution in [1.82, 2.24) is 15.1 Å². The lowest BCUT2D eigenvalue weighted by Gasteiger charge is -2.15. The molecule has 2 aromatic carbocycles. The number of aromatic nitrogens is 2. The van der Waals surface area contributed by atoms with Crippen LogP contribution < -0.4 is 11.1 Å². The van der Waals surface area contributed by atoms with E-state index < -0.39 is 35.4 Å². The summed E-state index contributed by atoms with van der Waals surface area (Å²) in [6.45, 7) is -0.0264. The van der Waals surface area contributed by atoms with Crippen LogP contribution in [-0.2, 0) is 17.4 Å². The molecule has 2 amide bonds. The smallest absolute Gasteiger partial charge is 0.369 e. The van der Waals surface area contributed by atoms with Crippen molar-refractivity contribution in [3.63, 3.8) is 0 Å². The van der Waals surface area contributed by atoms with E-state index in [1.807, 2.05) is 0 Å². The molecule has 0 radical (unpaired) electrons. The summed E-state index contributed by atoms with van der Waals surface area (Å²) in [6, 6.07) is 12.2. The van der Waals surface area contributed by atoms with Gasteiger partial charge in [0, 0.05) is 18.3 Å². The van der Waals surface area contributed by atoms with Crippen molar-refractivity contribution in [1.29, 1.82) is 0 Å². The summed E-state index contributed by atoms with van der Waals surface area (Å²) in [7, 11) is 0. The lowest BCUT2D eigenvalue weighted by Crippen LogP contribution is -2.37. The molecule has 1 aromatic heterocycles. The largest absolute Gasteiger partial charge is 0.435 e. The molecule has 0 saturated carbocycles. The second-order valence-electron chi connectivity index (χ2n) is 6.83. The number of benzene rings is 2. The number of halogens is 4. The van der Waals surface area contributed by atoms with Crippen LogP contribution in [0.15, 0.2) is 60.8 Å². The van der Waals surface area contributed by atoms with Crippen LogP contribution in [0.1, 0.15) is 21.6 Å². The maximum absolute atomic E-state index is 13.0. The quantitative estimate of drug-likeness (QED) is 0.560.